The number of ether oxygens (including phenoxy) is 1. The highest BCUT2D eigenvalue weighted by atomic mass is 19.1. The van der Waals surface area contributed by atoms with Gasteiger partial charge in [-0.25, -0.2) is 9.18 Å². The molecule has 5 rings (SSSR count). The minimum Gasteiger partial charge on any atom is -0.440 e. The van der Waals surface area contributed by atoms with E-state index >= 15 is 0 Å². The maximum absolute atomic E-state index is 14.0. The summed E-state index contributed by atoms with van der Waals surface area (Å²) in [6.07, 6.45) is 13.3. The van der Waals surface area contributed by atoms with Gasteiger partial charge in [0.25, 0.3) is 5.91 Å². The van der Waals surface area contributed by atoms with E-state index in [1.165, 1.54) is 38.2 Å². The number of hydrogen-bond donors (Lipinski definition) is 0. The van der Waals surface area contributed by atoms with E-state index in [-0.39, 0.29) is 29.5 Å². The molecular formula is C31H46FN3O3. The Labute approximate surface area is 227 Å². The van der Waals surface area contributed by atoms with Crippen LogP contribution in [-0.4, -0.2) is 77.1 Å². The molecule has 1 aromatic rings. The number of rotatable bonds is 7. The predicted octanol–water partition coefficient (Wildman–Crippen LogP) is 6.16. The highest BCUT2D eigenvalue weighted by Gasteiger charge is 2.55. The van der Waals surface area contributed by atoms with Crippen LogP contribution in [0.25, 0.3) is 0 Å². The first-order valence-electron chi connectivity index (χ1n) is 15.2. The summed E-state index contributed by atoms with van der Waals surface area (Å²) in [4.78, 5) is 32.8. The first-order chi connectivity index (χ1) is 18.4. The largest absolute Gasteiger partial charge is 0.440 e. The Morgan fingerprint density at radius 3 is 2.45 bits per heavy atom. The van der Waals surface area contributed by atoms with Gasteiger partial charge in [0.2, 0.25) is 0 Å². The van der Waals surface area contributed by atoms with Gasteiger partial charge in [0.15, 0.2) is 0 Å². The molecule has 210 valence electrons. The molecule has 4 fully saturated rings. The van der Waals surface area contributed by atoms with Crippen LogP contribution < -0.4 is 0 Å². The number of amides is 2. The third kappa shape index (κ3) is 5.59. The molecule has 4 aliphatic rings. The van der Waals surface area contributed by atoms with E-state index in [4.69, 9.17) is 4.74 Å². The molecule has 1 aromatic carbocycles. The molecule has 38 heavy (non-hydrogen) atoms. The molecular weight excluding hydrogens is 481 g/mol. The van der Waals surface area contributed by atoms with Gasteiger partial charge >= 0.3 is 6.09 Å². The zero-order valence-electron chi connectivity index (χ0n) is 23.4. The van der Waals surface area contributed by atoms with E-state index in [0.717, 1.165) is 64.6 Å². The maximum atomic E-state index is 14.0. The highest BCUT2D eigenvalue weighted by Crippen LogP contribution is 2.43. The second-order valence-electron chi connectivity index (χ2n) is 12.2. The molecule has 2 amide bonds. The fourth-order valence-corrected chi connectivity index (χ4v) is 7.52. The molecule has 0 bridgehead atoms. The number of carbonyl (C=O) groups is 2. The molecule has 1 unspecified atom stereocenters. The van der Waals surface area contributed by atoms with Crippen molar-refractivity contribution in [3.8, 4) is 0 Å². The summed E-state index contributed by atoms with van der Waals surface area (Å²) in [6.45, 7) is 8.05. The van der Waals surface area contributed by atoms with Gasteiger partial charge in [-0.3, -0.25) is 9.69 Å². The van der Waals surface area contributed by atoms with Gasteiger partial charge in [-0.2, -0.15) is 0 Å². The van der Waals surface area contributed by atoms with Gasteiger partial charge in [0.05, 0.1) is 6.04 Å². The average molecular weight is 528 g/mol. The molecule has 1 spiro atoms. The summed E-state index contributed by atoms with van der Waals surface area (Å²) in [6, 6.07) is 5.39. The number of likely N-dealkylation sites (tertiary alicyclic amines) is 2. The fraction of sp³-hybridized carbons (Fsp3) is 0.742. The Bertz CT molecular complexity index is 979. The average Bonchev–Trinajstić information content (AvgIpc) is 3.19. The van der Waals surface area contributed by atoms with Crippen LogP contribution in [-0.2, 0) is 4.74 Å². The van der Waals surface area contributed by atoms with Crippen molar-refractivity contribution in [1.29, 1.82) is 0 Å². The Morgan fingerprint density at radius 1 is 1.05 bits per heavy atom. The Hall–Kier alpha value is -2.15. The Kier molecular flexibility index (Phi) is 8.61. The van der Waals surface area contributed by atoms with Gasteiger partial charge in [0.1, 0.15) is 11.4 Å². The van der Waals surface area contributed by atoms with Crippen LogP contribution in [0.15, 0.2) is 18.2 Å². The Morgan fingerprint density at radius 2 is 1.76 bits per heavy atom. The predicted molar refractivity (Wildman–Crippen MR) is 147 cm³/mol. The van der Waals surface area contributed by atoms with E-state index in [1.807, 2.05) is 4.90 Å². The third-order valence-electron chi connectivity index (χ3n) is 9.93. The minimum absolute atomic E-state index is 0.0623. The second-order valence-corrected chi connectivity index (χ2v) is 12.2. The standard InChI is InChI=1S/C31H46FN3O3/c1-3-4-13-28-31(38-30(37)35(28)22-24-9-6-5-7-10-24)16-20-33(21-17-31)25-14-18-34(19-15-25)29(36)26-11-8-12-27(32)23(26)2/h8,11-12,24-25,28H,3-7,9-10,13-22H2,1-2H3. The normalized spacial score (nSPS) is 25.2. The molecule has 1 atom stereocenters. The molecule has 0 aromatic heterocycles. The van der Waals surface area contributed by atoms with Gasteiger partial charge in [0, 0.05) is 57.2 Å². The van der Waals surface area contributed by atoms with E-state index in [1.54, 1.807) is 19.1 Å². The van der Waals surface area contributed by atoms with Gasteiger partial charge in [-0.15, -0.1) is 0 Å². The Balaban J connectivity index is 1.17. The van der Waals surface area contributed by atoms with Gasteiger partial charge < -0.3 is 14.5 Å². The van der Waals surface area contributed by atoms with E-state index in [2.05, 4.69) is 16.7 Å². The van der Waals surface area contributed by atoms with E-state index in [0.29, 0.717) is 36.2 Å². The molecule has 6 nitrogen and oxygen atoms in total. The molecule has 1 saturated carbocycles. The second kappa shape index (κ2) is 11.9. The zero-order valence-corrected chi connectivity index (χ0v) is 23.4. The van der Waals surface area contributed by atoms with Crippen LogP contribution in [0.2, 0.25) is 0 Å². The summed E-state index contributed by atoms with van der Waals surface area (Å²) in [5.41, 5.74) is 0.563. The lowest BCUT2D eigenvalue weighted by Crippen LogP contribution is -2.56. The van der Waals surface area contributed by atoms with Crippen molar-refractivity contribution in [2.75, 3.05) is 32.7 Å². The number of carbonyl (C=O) groups excluding carboxylic acids is 2. The van der Waals surface area contributed by atoms with Crippen molar-refractivity contribution < 1.29 is 18.7 Å². The lowest BCUT2D eigenvalue weighted by molar-refractivity contribution is -0.0385. The van der Waals surface area contributed by atoms with Crippen molar-refractivity contribution in [3.63, 3.8) is 0 Å². The summed E-state index contributed by atoms with van der Waals surface area (Å²) in [7, 11) is 0. The van der Waals surface area contributed by atoms with Gasteiger partial charge in [-0.05, 0) is 62.6 Å². The molecule has 0 radical (unpaired) electrons. The van der Waals surface area contributed by atoms with Crippen molar-refractivity contribution >= 4 is 12.0 Å². The van der Waals surface area contributed by atoms with Crippen LogP contribution in [0.5, 0.6) is 0 Å². The van der Waals surface area contributed by atoms with Crippen LogP contribution in [0.4, 0.5) is 9.18 Å². The van der Waals surface area contributed by atoms with Crippen LogP contribution in [0.1, 0.15) is 99.9 Å². The van der Waals surface area contributed by atoms with Gasteiger partial charge in [-0.1, -0.05) is 45.1 Å². The number of hydrogen-bond acceptors (Lipinski definition) is 4. The topological polar surface area (TPSA) is 53.1 Å². The van der Waals surface area contributed by atoms with Crippen molar-refractivity contribution in [2.24, 2.45) is 5.92 Å². The molecule has 0 N–H and O–H groups in total. The van der Waals surface area contributed by atoms with Crippen molar-refractivity contribution in [2.45, 2.75) is 109 Å². The lowest BCUT2D eigenvalue weighted by atomic mass is 9.80. The molecule has 3 aliphatic heterocycles. The maximum Gasteiger partial charge on any atom is 0.410 e. The first kappa shape index (κ1) is 27.4. The zero-order chi connectivity index (χ0) is 26.7. The smallest absolute Gasteiger partial charge is 0.410 e. The van der Waals surface area contributed by atoms with Crippen LogP contribution in [0.3, 0.4) is 0 Å². The quantitative estimate of drug-likeness (QED) is 0.426. The van der Waals surface area contributed by atoms with Crippen LogP contribution in [0, 0.1) is 18.7 Å². The molecule has 3 heterocycles. The summed E-state index contributed by atoms with van der Waals surface area (Å²) >= 11 is 0. The first-order valence-corrected chi connectivity index (χ1v) is 15.2. The van der Waals surface area contributed by atoms with E-state index < -0.39 is 0 Å². The van der Waals surface area contributed by atoms with Crippen LogP contribution >= 0.6 is 0 Å². The number of benzene rings is 1. The summed E-state index contributed by atoms with van der Waals surface area (Å²) in [5.74, 6) is 0.239. The SMILES string of the molecule is CCCCC1N(CC2CCCCC2)C(=O)OC12CCN(C1CCN(C(=O)c3cccc(F)c3C)CC1)CC2. The van der Waals surface area contributed by atoms with E-state index in [9.17, 15) is 14.0 Å². The molecule has 1 aliphatic carbocycles. The summed E-state index contributed by atoms with van der Waals surface area (Å²) in [5, 5.41) is 0. The molecule has 7 heteroatoms. The third-order valence-corrected chi connectivity index (χ3v) is 9.93. The lowest BCUT2D eigenvalue weighted by Gasteiger charge is -2.46. The number of unbranched alkanes of at least 4 members (excludes halogenated alkanes) is 1. The van der Waals surface area contributed by atoms with Crippen molar-refractivity contribution in [3.05, 3.63) is 35.1 Å². The number of nitrogens with zero attached hydrogens (tertiary/aromatic N) is 3. The summed E-state index contributed by atoms with van der Waals surface area (Å²) < 4.78 is 20.3. The monoisotopic (exact) mass is 527 g/mol. The fourth-order valence-electron chi connectivity index (χ4n) is 7.52. The highest BCUT2D eigenvalue weighted by molar-refractivity contribution is 5.95. The number of piperidine rings is 2. The number of halogens is 1. The van der Waals surface area contributed by atoms with Crippen molar-refractivity contribution in [1.82, 2.24) is 14.7 Å². The minimum atomic E-state index is -0.344. The molecule has 3 saturated heterocycles.